The summed E-state index contributed by atoms with van der Waals surface area (Å²) in [5.74, 6) is 0. The minimum Gasteiger partial charge on any atom is -0.383 e. The number of alkyl halides is 3. The molecule has 0 bridgehead atoms. The summed E-state index contributed by atoms with van der Waals surface area (Å²) in [5, 5.41) is 9.27. The van der Waals surface area contributed by atoms with E-state index >= 15 is 0 Å². The SMILES string of the molecule is O[C@@H](Cc1ccc(Cl)cc1Cl)C(F)(F)F. The van der Waals surface area contributed by atoms with Crippen molar-refractivity contribution >= 4 is 23.2 Å². The number of hydrogen-bond acceptors (Lipinski definition) is 1. The monoisotopic (exact) mass is 258 g/mol. The Balaban J connectivity index is 2.82. The van der Waals surface area contributed by atoms with Crippen LogP contribution in [0.4, 0.5) is 13.2 Å². The third kappa shape index (κ3) is 3.55. The van der Waals surface area contributed by atoms with Gasteiger partial charge in [0, 0.05) is 16.5 Å². The van der Waals surface area contributed by atoms with Gasteiger partial charge in [-0.15, -0.1) is 0 Å². The summed E-state index contributed by atoms with van der Waals surface area (Å²) in [7, 11) is 0. The van der Waals surface area contributed by atoms with Gasteiger partial charge in [0.25, 0.3) is 0 Å². The molecule has 0 saturated heterocycles. The molecule has 0 heterocycles. The number of rotatable bonds is 2. The Morgan fingerprint density at radius 2 is 1.87 bits per heavy atom. The Bertz CT molecular complexity index is 352. The minimum atomic E-state index is -4.64. The Morgan fingerprint density at radius 1 is 1.27 bits per heavy atom. The summed E-state index contributed by atoms with van der Waals surface area (Å²) in [6.07, 6.45) is -7.61. The van der Waals surface area contributed by atoms with E-state index in [1.807, 2.05) is 0 Å². The van der Waals surface area contributed by atoms with Gasteiger partial charge in [-0.05, 0) is 17.7 Å². The summed E-state index contributed by atoms with van der Waals surface area (Å²) >= 11 is 11.2. The van der Waals surface area contributed by atoms with Crippen molar-refractivity contribution in [3.8, 4) is 0 Å². The van der Waals surface area contributed by atoms with E-state index in [9.17, 15) is 13.2 Å². The summed E-state index contributed by atoms with van der Waals surface area (Å²) in [5.41, 5.74) is 0.214. The van der Waals surface area contributed by atoms with Gasteiger partial charge in [0.1, 0.15) is 0 Å². The molecule has 1 rings (SSSR count). The van der Waals surface area contributed by atoms with E-state index in [1.54, 1.807) is 0 Å². The molecule has 1 nitrogen and oxygen atoms in total. The van der Waals surface area contributed by atoms with Crippen LogP contribution in [0.1, 0.15) is 5.56 Å². The number of hydrogen-bond donors (Lipinski definition) is 1. The van der Waals surface area contributed by atoms with Crippen LogP contribution in [0.15, 0.2) is 18.2 Å². The van der Waals surface area contributed by atoms with Crippen molar-refractivity contribution in [2.24, 2.45) is 0 Å². The summed E-state index contributed by atoms with van der Waals surface area (Å²) in [6, 6.07) is 4.12. The highest BCUT2D eigenvalue weighted by atomic mass is 35.5. The van der Waals surface area contributed by atoms with Crippen LogP contribution < -0.4 is 0 Å². The first-order valence-electron chi connectivity index (χ1n) is 3.99. The van der Waals surface area contributed by atoms with Gasteiger partial charge in [0.15, 0.2) is 6.10 Å². The zero-order valence-electron chi connectivity index (χ0n) is 7.35. The van der Waals surface area contributed by atoms with Crippen LogP contribution in [-0.2, 0) is 6.42 Å². The van der Waals surface area contributed by atoms with Crippen molar-refractivity contribution in [2.75, 3.05) is 0 Å². The quantitative estimate of drug-likeness (QED) is 0.862. The first-order chi connectivity index (χ1) is 6.80. The number of halogens is 5. The van der Waals surface area contributed by atoms with E-state index in [0.29, 0.717) is 5.02 Å². The molecule has 0 aliphatic rings. The highest BCUT2D eigenvalue weighted by Gasteiger charge is 2.38. The predicted molar refractivity (Wildman–Crippen MR) is 52.2 cm³/mol. The molecule has 1 atom stereocenters. The van der Waals surface area contributed by atoms with Crippen molar-refractivity contribution in [1.29, 1.82) is 0 Å². The molecule has 1 aromatic carbocycles. The smallest absolute Gasteiger partial charge is 0.383 e. The van der Waals surface area contributed by atoms with Crippen molar-refractivity contribution in [2.45, 2.75) is 18.7 Å². The lowest BCUT2D eigenvalue weighted by Gasteiger charge is -2.15. The molecule has 6 heteroatoms. The Morgan fingerprint density at radius 3 is 2.33 bits per heavy atom. The van der Waals surface area contributed by atoms with E-state index in [0.717, 1.165) is 0 Å². The van der Waals surface area contributed by atoms with E-state index in [1.165, 1.54) is 18.2 Å². The maximum Gasteiger partial charge on any atom is 0.414 e. The second kappa shape index (κ2) is 4.60. The standard InChI is InChI=1S/C9H7Cl2F3O/c10-6-2-1-5(7(11)4-6)3-8(15)9(12,13)14/h1-2,4,8,15H,3H2/t8-/m0/s1. The lowest BCUT2D eigenvalue weighted by molar-refractivity contribution is -0.203. The second-order valence-corrected chi connectivity index (χ2v) is 3.84. The van der Waals surface area contributed by atoms with Crippen LogP contribution in [0.25, 0.3) is 0 Å². The normalized spacial score (nSPS) is 14.0. The molecule has 15 heavy (non-hydrogen) atoms. The van der Waals surface area contributed by atoms with E-state index in [4.69, 9.17) is 28.3 Å². The zero-order chi connectivity index (χ0) is 11.6. The molecule has 84 valence electrons. The van der Waals surface area contributed by atoms with Gasteiger partial charge < -0.3 is 5.11 Å². The Hall–Kier alpha value is -0.450. The lowest BCUT2D eigenvalue weighted by atomic mass is 10.1. The molecular formula is C9H7Cl2F3O. The first-order valence-corrected chi connectivity index (χ1v) is 4.75. The van der Waals surface area contributed by atoms with E-state index in [-0.39, 0.29) is 10.6 Å². The summed E-state index contributed by atoms with van der Waals surface area (Å²) < 4.78 is 36.1. The lowest BCUT2D eigenvalue weighted by Crippen LogP contribution is -2.30. The van der Waals surface area contributed by atoms with Crippen molar-refractivity contribution in [3.05, 3.63) is 33.8 Å². The Kier molecular flexibility index (Phi) is 3.87. The van der Waals surface area contributed by atoms with Gasteiger partial charge in [-0.3, -0.25) is 0 Å². The molecule has 0 unspecified atom stereocenters. The topological polar surface area (TPSA) is 20.2 Å². The highest BCUT2D eigenvalue weighted by Crippen LogP contribution is 2.27. The average Bonchev–Trinajstić information content (AvgIpc) is 2.08. The maximum atomic E-state index is 12.0. The third-order valence-corrected chi connectivity index (χ3v) is 2.39. The van der Waals surface area contributed by atoms with Crippen LogP contribution in [0.5, 0.6) is 0 Å². The molecule has 1 N–H and O–H groups in total. The maximum absolute atomic E-state index is 12.0. The second-order valence-electron chi connectivity index (χ2n) is 3.00. The molecule has 0 aliphatic heterocycles. The molecule has 0 amide bonds. The molecular weight excluding hydrogens is 252 g/mol. The Labute approximate surface area is 94.4 Å². The fourth-order valence-corrected chi connectivity index (χ4v) is 1.50. The summed E-state index contributed by atoms with van der Waals surface area (Å²) in [6.45, 7) is 0. The van der Waals surface area contributed by atoms with Gasteiger partial charge >= 0.3 is 6.18 Å². The zero-order valence-corrected chi connectivity index (χ0v) is 8.87. The van der Waals surface area contributed by atoms with Gasteiger partial charge in [-0.1, -0.05) is 29.3 Å². The van der Waals surface area contributed by atoms with Crippen LogP contribution in [0, 0.1) is 0 Å². The first kappa shape index (κ1) is 12.6. The van der Waals surface area contributed by atoms with Crippen molar-refractivity contribution in [3.63, 3.8) is 0 Å². The largest absolute Gasteiger partial charge is 0.414 e. The van der Waals surface area contributed by atoms with E-state index in [2.05, 4.69) is 0 Å². The molecule has 0 aliphatic carbocycles. The van der Waals surface area contributed by atoms with Crippen molar-refractivity contribution in [1.82, 2.24) is 0 Å². The highest BCUT2D eigenvalue weighted by molar-refractivity contribution is 6.35. The number of aliphatic hydroxyl groups is 1. The van der Waals surface area contributed by atoms with Crippen LogP contribution in [-0.4, -0.2) is 17.4 Å². The molecule has 0 spiro atoms. The van der Waals surface area contributed by atoms with Gasteiger partial charge in [-0.2, -0.15) is 13.2 Å². The fourth-order valence-electron chi connectivity index (χ4n) is 1.01. The minimum absolute atomic E-state index is 0.116. The molecule has 1 aromatic rings. The fraction of sp³-hybridized carbons (Fsp3) is 0.333. The van der Waals surface area contributed by atoms with Crippen LogP contribution >= 0.6 is 23.2 Å². The molecule has 0 aromatic heterocycles. The molecule has 0 saturated carbocycles. The summed E-state index contributed by atoms with van der Waals surface area (Å²) in [4.78, 5) is 0. The number of benzene rings is 1. The molecule has 0 fully saturated rings. The van der Waals surface area contributed by atoms with Gasteiger partial charge in [0.2, 0.25) is 0 Å². The van der Waals surface area contributed by atoms with Crippen molar-refractivity contribution < 1.29 is 18.3 Å². The van der Waals surface area contributed by atoms with Gasteiger partial charge in [-0.25, -0.2) is 0 Å². The number of aliphatic hydroxyl groups excluding tert-OH is 1. The van der Waals surface area contributed by atoms with Crippen LogP contribution in [0.2, 0.25) is 10.0 Å². The average molecular weight is 259 g/mol. The predicted octanol–water partition coefficient (Wildman–Crippen LogP) is 3.46. The molecule has 0 radical (unpaired) electrons. The van der Waals surface area contributed by atoms with Crippen LogP contribution in [0.3, 0.4) is 0 Å². The third-order valence-electron chi connectivity index (χ3n) is 1.81. The van der Waals surface area contributed by atoms with E-state index < -0.39 is 18.7 Å². The van der Waals surface area contributed by atoms with Gasteiger partial charge in [0.05, 0.1) is 0 Å².